The van der Waals surface area contributed by atoms with E-state index in [0.29, 0.717) is 0 Å². The molecule has 0 amide bonds. The first-order chi connectivity index (χ1) is 7.27. The molecule has 0 aliphatic heterocycles. The molecule has 2 rings (SSSR count). The third-order valence-electron chi connectivity index (χ3n) is 2.87. The van der Waals surface area contributed by atoms with Crippen molar-refractivity contribution < 1.29 is 0 Å². The number of allylic oxidation sites excluding steroid dienone is 1. The minimum Gasteiger partial charge on any atom is -0.324 e. The summed E-state index contributed by atoms with van der Waals surface area (Å²) in [6.07, 6.45) is 6.79. The summed E-state index contributed by atoms with van der Waals surface area (Å²) in [7, 11) is 0. The van der Waals surface area contributed by atoms with E-state index in [2.05, 4.69) is 12.1 Å². The summed E-state index contributed by atoms with van der Waals surface area (Å²) in [6, 6.07) is 8.20. The summed E-state index contributed by atoms with van der Waals surface area (Å²) in [5.74, 6) is 0. The van der Waals surface area contributed by atoms with Crippen molar-refractivity contribution in [1.29, 1.82) is 0 Å². The first kappa shape index (κ1) is 10.7. The largest absolute Gasteiger partial charge is 0.324 e. The van der Waals surface area contributed by atoms with Crippen molar-refractivity contribution in [2.45, 2.75) is 31.7 Å². The average molecular weight is 222 g/mol. The van der Waals surface area contributed by atoms with E-state index in [-0.39, 0.29) is 6.04 Å². The molecule has 2 N–H and O–H groups in total. The summed E-state index contributed by atoms with van der Waals surface area (Å²) < 4.78 is 0. The fraction of sp³-hybridized carbons (Fsp3) is 0.385. The average Bonchev–Trinajstić information content (AvgIpc) is 2.43. The van der Waals surface area contributed by atoms with E-state index in [1.807, 2.05) is 18.2 Å². The lowest BCUT2D eigenvalue weighted by Crippen LogP contribution is -2.15. The second-order valence-corrected chi connectivity index (χ2v) is 4.49. The van der Waals surface area contributed by atoms with Crippen LogP contribution in [-0.2, 0) is 0 Å². The number of benzene rings is 1. The number of hydrogen-bond donors (Lipinski definition) is 1. The van der Waals surface area contributed by atoms with Gasteiger partial charge >= 0.3 is 0 Å². The summed E-state index contributed by atoms with van der Waals surface area (Å²) in [6.45, 7) is 0. The lowest BCUT2D eigenvalue weighted by Gasteiger charge is -2.08. The molecule has 0 aromatic heterocycles. The van der Waals surface area contributed by atoms with Crippen molar-refractivity contribution in [3.63, 3.8) is 0 Å². The van der Waals surface area contributed by atoms with E-state index in [9.17, 15) is 0 Å². The lowest BCUT2D eigenvalue weighted by molar-refractivity contribution is 0.658. The van der Waals surface area contributed by atoms with Crippen molar-refractivity contribution in [1.82, 2.24) is 0 Å². The third kappa shape index (κ3) is 2.61. The fourth-order valence-electron chi connectivity index (χ4n) is 2.07. The molecule has 0 radical (unpaired) electrons. The van der Waals surface area contributed by atoms with Crippen molar-refractivity contribution in [3.8, 4) is 0 Å². The molecule has 0 saturated heterocycles. The standard InChI is InChI=1S/C13H16ClN/c14-13-8-4-3-7-12(13)10-5-1-2-6-11(15)9-10/h3-4,7-9,11H,1-2,5-6,15H2. The van der Waals surface area contributed by atoms with Gasteiger partial charge in [0.15, 0.2) is 0 Å². The highest BCUT2D eigenvalue weighted by Gasteiger charge is 2.11. The van der Waals surface area contributed by atoms with Gasteiger partial charge in [-0.3, -0.25) is 0 Å². The first-order valence-corrected chi connectivity index (χ1v) is 5.86. The van der Waals surface area contributed by atoms with Gasteiger partial charge in [0.2, 0.25) is 0 Å². The molecule has 80 valence electrons. The van der Waals surface area contributed by atoms with Crippen LogP contribution in [-0.4, -0.2) is 6.04 Å². The Balaban J connectivity index is 2.33. The molecular weight excluding hydrogens is 206 g/mol. The molecule has 1 aromatic carbocycles. The predicted octanol–water partition coefficient (Wildman–Crippen LogP) is 3.62. The maximum absolute atomic E-state index is 6.18. The highest BCUT2D eigenvalue weighted by Crippen LogP contribution is 2.30. The zero-order valence-electron chi connectivity index (χ0n) is 8.75. The maximum Gasteiger partial charge on any atom is 0.0481 e. The predicted molar refractivity (Wildman–Crippen MR) is 65.9 cm³/mol. The van der Waals surface area contributed by atoms with Crippen LogP contribution in [0.3, 0.4) is 0 Å². The van der Waals surface area contributed by atoms with Crippen LogP contribution >= 0.6 is 11.6 Å². The lowest BCUT2D eigenvalue weighted by atomic mass is 10.0. The second-order valence-electron chi connectivity index (χ2n) is 4.08. The SMILES string of the molecule is NC1C=C(c2ccccc2Cl)CCCC1. The number of rotatable bonds is 1. The maximum atomic E-state index is 6.18. The Morgan fingerprint density at radius 1 is 1.20 bits per heavy atom. The van der Waals surface area contributed by atoms with Crippen LogP contribution in [0.1, 0.15) is 31.2 Å². The first-order valence-electron chi connectivity index (χ1n) is 5.48. The zero-order chi connectivity index (χ0) is 10.7. The van der Waals surface area contributed by atoms with Gasteiger partial charge in [-0.2, -0.15) is 0 Å². The molecule has 1 nitrogen and oxygen atoms in total. The van der Waals surface area contributed by atoms with E-state index >= 15 is 0 Å². The quantitative estimate of drug-likeness (QED) is 0.770. The van der Waals surface area contributed by atoms with Gasteiger partial charge in [0, 0.05) is 11.1 Å². The highest BCUT2D eigenvalue weighted by atomic mass is 35.5. The van der Waals surface area contributed by atoms with Crippen LogP contribution < -0.4 is 5.73 Å². The topological polar surface area (TPSA) is 26.0 Å². The molecule has 1 unspecified atom stereocenters. The van der Waals surface area contributed by atoms with Gasteiger partial charge < -0.3 is 5.73 Å². The van der Waals surface area contributed by atoms with Gasteiger partial charge in [0.1, 0.15) is 0 Å². The fourth-order valence-corrected chi connectivity index (χ4v) is 2.32. The van der Waals surface area contributed by atoms with Crippen molar-refractivity contribution >= 4 is 17.2 Å². The molecule has 2 heteroatoms. The van der Waals surface area contributed by atoms with Gasteiger partial charge in [-0.1, -0.05) is 42.3 Å². The van der Waals surface area contributed by atoms with Crippen LogP contribution in [0, 0.1) is 0 Å². The molecule has 1 aliphatic carbocycles. The Labute approximate surface area is 95.9 Å². The summed E-state index contributed by atoms with van der Waals surface area (Å²) in [5.41, 5.74) is 8.45. The number of halogens is 1. The van der Waals surface area contributed by atoms with Crippen molar-refractivity contribution in [3.05, 3.63) is 40.9 Å². The van der Waals surface area contributed by atoms with Crippen LogP contribution in [0.4, 0.5) is 0 Å². The minimum absolute atomic E-state index is 0.193. The number of hydrogen-bond acceptors (Lipinski definition) is 1. The van der Waals surface area contributed by atoms with Gasteiger partial charge in [-0.05, 0) is 36.5 Å². The van der Waals surface area contributed by atoms with Gasteiger partial charge in [0.25, 0.3) is 0 Å². The smallest absolute Gasteiger partial charge is 0.0481 e. The monoisotopic (exact) mass is 221 g/mol. The van der Waals surface area contributed by atoms with E-state index in [4.69, 9.17) is 17.3 Å². The van der Waals surface area contributed by atoms with E-state index < -0.39 is 0 Å². The van der Waals surface area contributed by atoms with Crippen LogP contribution in [0.15, 0.2) is 30.3 Å². The van der Waals surface area contributed by atoms with Crippen molar-refractivity contribution in [2.75, 3.05) is 0 Å². The van der Waals surface area contributed by atoms with E-state index in [1.165, 1.54) is 18.4 Å². The molecule has 1 atom stereocenters. The Kier molecular flexibility index (Phi) is 3.45. The van der Waals surface area contributed by atoms with Crippen LogP contribution in [0.2, 0.25) is 5.02 Å². The molecule has 0 bridgehead atoms. The van der Waals surface area contributed by atoms with E-state index in [0.717, 1.165) is 23.4 Å². The summed E-state index contributed by atoms with van der Waals surface area (Å²) >= 11 is 6.18. The Morgan fingerprint density at radius 3 is 2.80 bits per heavy atom. The Morgan fingerprint density at radius 2 is 2.00 bits per heavy atom. The zero-order valence-corrected chi connectivity index (χ0v) is 9.50. The Bertz CT molecular complexity index is 371. The van der Waals surface area contributed by atoms with Crippen LogP contribution in [0.5, 0.6) is 0 Å². The normalized spacial score (nSPS) is 22.0. The molecule has 1 aromatic rings. The van der Waals surface area contributed by atoms with E-state index in [1.54, 1.807) is 0 Å². The van der Waals surface area contributed by atoms with Gasteiger partial charge in [-0.15, -0.1) is 0 Å². The summed E-state index contributed by atoms with van der Waals surface area (Å²) in [4.78, 5) is 0. The molecule has 0 spiro atoms. The minimum atomic E-state index is 0.193. The van der Waals surface area contributed by atoms with Gasteiger partial charge in [0.05, 0.1) is 0 Å². The third-order valence-corrected chi connectivity index (χ3v) is 3.20. The van der Waals surface area contributed by atoms with Crippen molar-refractivity contribution in [2.24, 2.45) is 5.73 Å². The summed E-state index contributed by atoms with van der Waals surface area (Å²) in [5, 5.41) is 0.831. The Hall–Kier alpha value is -0.790. The second kappa shape index (κ2) is 4.82. The highest BCUT2D eigenvalue weighted by molar-refractivity contribution is 6.32. The molecule has 0 saturated carbocycles. The number of nitrogens with two attached hydrogens (primary N) is 1. The molecule has 0 heterocycles. The molecular formula is C13H16ClN. The van der Waals surface area contributed by atoms with Crippen LogP contribution in [0.25, 0.3) is 5.57 Å². The molecule has 15 heavy (non-hydrogen) atoms. The molecule has 1 aliphatic rings. The van der Waals surface area contributed by atoms with Gasteiger partial charge in [-0.25, -0.2) is 0 Å². The molecule has 0 fully saturated rings.